The minimum Gasteiger partial charge on any atom is -0.633 e. The molecular formula is C20H27N3O2. The van der Waals surface area contributed by atoms with E-state index in [4.69, 9.17) is 5.73 Å². The van der Waals surface area contributed by atoms with Crippen molar-refractivity contribution in [2.24, 2.45) is 17.6 Å². The zero-order valence-corrected chi connectivity index (χ0v) is 14.8. The zero-order valence-electron chi connectivity index (χ0n) is 14.8. The Morgan fingerprint density at radius 3 is 2.40 bits per heavy atom. The van der Waals surface area contributed by atoms with E-state index in [1.54, 1.807) is 6.92 Å². The lowest BCUT2D eigenvalue weighted by atomic mass is 9.84. The van der Waals surface area contributed by atoms with Gasteiger partial charge < -0.3 is 20.9 Å². The summed E-state index contributed by atoms with van der Waals surface area (Å²) in [4.78, 5) is 14.7. The molecule has 2 atom stereocenters. The first-order valence-corrected chi connectivity index (χ1v) is 9.38. The van der Waals surface area contributed by atoms with Crippen LogP contribution in [-0.4, -0.2) is 30.4 Å². The number of hydrogen-bond acceptors (Lipinski definition) is 3. The zero-order chi connectivity index (χ0) is 17.6. The second-order valence-electron chi connectivity index (χ2n) is 8.04. The number of hydrogen-bond donors (Lipinski definition) is 2. The molecule has 2 saturated heterocycles. The normalized spacial score (nSPS) is 34.7. The average Bonchev–Trinajstić information content (AvgIpc) is 2.98. The molecular weight excluding hydrogens is 314 g/mol. The molecule has 0 spiro atoms. The fourth-order valence-corrected chi connectivity index (χ4v) is 4.86. The van der Waals surface area contributed by atoms with E-state index in [-0.39, 0.29) is 11.6 Å². The molecule has 5 nitrogen and oxygen atoms in total. The van der Waals surface area contributed by atoms with Gasteiger partial charge in [-0.2, -0.15) is 0 Å². The molecule has 1 aliphatic carbocycles. The number of benzene rings is 1. The molecule has 0 aromatic heterocycles. The Balaban J connectivity index is 1.79. The highest BCUT2D eigenvalue weighted by Crippen LogP contribution is 2.38. The van der Waals surface area contributed by atoms with Crippen molar-refractivity contribution in [2.75, 3.05) is 19.6 Å². The highest BCUT2D eigenvalue weighted by Gasteiger charge is 2.44. The van der Waals surface area contributed by atoms with Gasteiger partial charge in [0.2, 0.25) is 0 Å². The van der Waals surface area contributed by atoms with Gasteiger partial charge >= 0.3 is 0 Å². The van der Waals surface area contributed by atoms with E-state index in [9.17, 15) is 10.0 Å². The summed E-state index contributed by atoms with van der Waals surface area (Å²) in [6.45, 7) is 4.05. The Morgan fingerprint density at radius 2 is 1.80 bits per heavy atom. The van der Waals surface area contributed by atoms with E-state index in [1.807, 2.05) is 30.3 Å². The van der Waals surface area contributed by atoms with Crippen LogP contribution in [-0.2, 0) is 10.3 Å². The lowest BCUT2D eigenvalue weighted by molar-refractivity contribution is -0.893. The number of amides is 1. The molecule has 2 bridgehead atoms. The van der Waals surface area contributed by atoms with Crippen molar-refractivity contribution in [1.82, 2.24) is 4.90 Å². The number of rotatable bonds is 2. The summed E-state index contributed by atoms with van der Waals surface area (Å²) >= 11 is 0. The third-order valence-electron chi connectivity index (χ3n) is 6.54. The number of nitrogens with one attached hydrogen (secondary N) is 1. The molecule has 5 heteroatoms. The van der Waals surface area contributed by atoms with Crippen LogP contribution >= 0.6 is 0 Å². The van der Waals surface area contributed by atoms with E-state index in [0.717, 1.165) is 41.7 Å². The van der Waals surface area contributed by atoms with Gasteiger partial charge in [-0.05, 0) is 43.6 Å². The molecule has 4 aliphatic rings. The SMILES string of the molecule is CC1(C(N)=O)c2ccccc2C(N2CC3CCC(CC3)C2)=CC[NH+]1[O-]. The minimum absolute atomic E-state index is 0.111. The van der Waals surface area contributed by atoms with Crippen molar-refractivity contribution in [3.8, 4) is 0 Å². The Kier molecular flexibility index (Phi) is 4.08. The number of carbonyl (C=O) groups is 1. The highest BCUT2D eigenvalue weighted by molar-refractivity contribution is 5.87. The van der Waals surface area contributed by atoms with Crippen LogP contribution in [0.15, 0.2) is 30.3 Å². The van der Waals surface area contributed by atoms with Crippen LogP contribution in [0.5, 0.6) is 0 Å². The molecule has 1 saturated carbocycles. The summed E-state index contributed by atoms with van der Waals surface area (Å²) < 4.78 is 0. The molecule has 1 aromatic carbocycles. The topological polar surface area (TPSA) is 73.8 Å². The van der Waals surface area contributed by atoms with Crippen LogP contribution in [0.2, 0.25) is 0 Å². The Hall–Kier alpha value is -1.85. The summed E-state index contributed by atoms with van der Waals surface area (Å²) in [6.07, 6.45) is 7.28. The van der Waals surface area contributed by atoms with Crippen molar-refractivity contribution in [2.45, 2.75) is 38.1 Å². The fourth-order valence-electron chi connectivity index (χ4n) is 4.86. The van der Waals surface area contributed by atoms with E-state index in [2.05, 4.69) is 4.90 Å². The smallest absolute Gasteiger partial charge is 0.283 e. The van der Waals surface area contributed by atoms with Crippen molar-refractivity contribution in [3.05, 3.63) is 46.7 Å². The molecule has 5 rings (SSSR count). The fraction of sp³-hybridized carbons (Fsp3) is 0.550. The summed E-state index contributed by atoms with van der Waals surface area (Å²) in [5.41, 5.74) is 7.30. The van der Waals surface area contributed by atoms with E-state index in [1.165, 1.54) is 25.7 Å². The Bertz CT molecular complexity index is 695. The maximum atomic E-state index is 12.8. The maximum Gasteiger partial charge on any atom is 0.283 e. The molecule has 3 N–H and O–H groups in total. The van der Waals surface area contributed by atoms with Crippen molar-refractivity contribution >= 4 is 11.6 Å². The standard InChI is InChI=1S/C20H27N3O2/c1-20(19(21)24)17-5-3-2-4-16(17)18(10-11-23(20)25)22-12-14-6-7-15(13-22)9-8-14/h2-5,10,14-15,23H,6-9,11-13H2,1H3,(H2,21,24). The van der Waals surface area contributed by atoms with Gasteiger partial charge in [-0.25, -0.2) is 0 Å². The Morgan fingerprint density at radius 1 is 1.20 bits per heavy atom. The van der Waals surface area contributed by atoms with Gasteiger partial charge in [0.05, 0.1) is 6.54 Å². The second-order valence-corrected chi connectivity index (χ2v) is 8.04. The summed E-state index contributed by atoms with van der Waals surface area (Å²) in [5, 5.41) is 12.7. The number of nitrogens with zero attached hydrogens (tertiary/aromatic N) is 1. The second kappa shape index (κ2) is 6.15. The van der Waals surface area contributed by atoms with Crippen LogP contribution in [0.4, 0.5) is 0 Å². The van der Waals surface area contributed by atoms with Gasteiger partial charge in [0, 0.05) is 36.8 Å². The maximum absolute atomic E-state index is 12.8. The van der Waals surface area contributed by atoms with Crippen LogP contribution in [0, 0.1) is 17.0 Å². The molecule has 1 aromatic rings. The van der Waals surface area contributed by atoms with Gasteiger partial charge in [0.15, 0.2) is 5.54 Å². The predicted molar refractivity (Wildman–Crippen MR) is 97.2 cm³/mol. The summed E-state index contributed by atoms with van der Waals surface area (Å²) in [5.74, 6) is 0.928. The van der Waals surface area contributed by atoms with Gasteiger partial charge in [0.1, 0.15) is 0 Å². The minimum atomic E-state index is -1.25. The molecule has 3 fully saturated rings. The number of primary amides is 1. The van der Waals surface area contributed by atoms with Gasteiger partial charge in [-0.15, -0.1) is 0 Å². The molecule has 3 heterocycles. The third-order valence-corrected chi connectivity index (χ3v) is 6.54. The quantitative estimate of drug-likeness (QED) is 0.795. The van der Waals surface area contributed by atoms with Crippen molar-refractivity contribution < 1.29 is 9.86 Å². The lowest BCUT2D eigenvalue weighted by Gasteiger charge is -2.37. The lowest BCUT2D eigenvalue weighted by Crippen LogP contribution is -3.15. The molecule has 0 radical (unpaired) electrons. The van der Waals surface area contributed by atoms with E-state index >= 15 is 0 Å². The number of quaternary nitrogens is 1. The number of nitrogens with two attached hydrogens (primary N) is 1. The molecule has 25 heavy (non-hydrogen) atoms. The van der Waals surface area contributed by atoms with Crippen LogP contribution in [0.1, 0.15) is 43.7 Å². The largest absolute Gasteiger partial charge is 0.633 e. The summed E-state index contributed by atoms with van der Waals surface area (Å²) in [6, 6.07) is 7.80. The molecule has 3 aliphatic heterocycles. The molecule has 2 unspecified atom stereocenters. The summed E-state index contributed by atoms with van der Waals surface area (Å²) in [7, 11) is 0. The number of hydroxylamine groups is 2. The van der Waals surface area contributed by atoms with Gasteiger partial charge in [-0.3, -0.25) is 4.79 Å². The van der Waals surface area contributed by atoms with Crippen LogP contribution in [0.25, 0.3) is 5.70 Å². The van der Waals surface area contributed by atoms with Crippen molar-refractivity contribution in [3.63, 3.8) is 0 Å². The highest BCUT2D eigenvalue weighted by atomic mass is 16.5. The predicted octanol–water partition coefficient (Wildman–Crippen LogP) is 1.25. The van der Waals surface area contributed by atoms with Crippen LogP contribution < -0.4 is 10.8 Å². The first-order valence-electron chi connectivity index (χ1n) is 9.38. The average molecular weight is 341 g/mol. The number of fused-ring (bicyclic) bond motifs is 5. The molecule has 134 valence electrons. The van der Waals surface area contributed by atoms with Crippen molar-refractivity contribution in [1.29, 1.82) is 0 Å². The van der Waals surface area contributed by atoms with E-state index in [0.29, 0.717) is 0 Å². The van der Waals surface area contributed by atoms with Gasteiger partial charge in [-0.1, -0.05) is 24.3 Å². The van der Waals surface area contributed by atoms with Gasteiger partial charge in [0.25, 0.3) is 5.91 Å². The first-order chi connectivity index (χ1) is 12.0. The first kappa shape index (κ1) is 16.6. The monoisotopic (exact) mass is 341 g/mol. The molecule has 1 amide bonds. The third kappa shape index (κ3) is 2.66. The number of carbonyl (C=O) groups excluding carboxylic acids is 1. The van der Waals surface area contributed by atoms with Crippen LogP contribution in [0.3, 0.4) is 0 Å². The Labute approximate surface area is 149 Å². The van der Waals surface area contributed by atoms with E-state index < -0.39 is 11.4 Å².